The van der Waals surface area contributed by atoms with Gasteiger partial charge in [0.15, 0.2) is 17.3 Å². The number of halogens is 1. The van der Waals surface area contributed by atoms with Gasteiger partial charge in [0.25, 0.3) is 5.91 Å². The Bertz CT molecular complexity index is 961. The summed E-state index contributed by atoms with van der Waals surface area (Å²) in [5.41, 5.74) is 2.11. The number of nitrogens with one attached hydrogen (secondary N) is 1. The SMILES string of the molecule is COc1c(-c2n[nH]c(Cc3ccc(F)cc3)n2)cn2c1C(=O)N(C)CC2. The van der Waals surface area contributed by atoms with Gasteiger partial charge < -0.3 is 14.2 Å². The number of aromatic nitrogens is 4. The maximum absolute atomic E-state index is 13.0. The molecular formula is C18H18FN5O2. The fraction of sp³-hybridized carbons (Fsp3) is 0.278. The van der Waals surface area contributed by atoms with E-state index in [4.69, 9.17) is 4.74 Å². The maximum Gasteiger partial charge on any atom is 0.274 e. The van der Waals surface area contributed by atoms with Crippen LogP contribution in [0.25, 0.3) is 11.4 Å². The molecule has 0 saturated heterocycles. The summed E-state index contributed by atoms with van der Waals surface area (Å²) in [5, 5.41) is 7.17. The van der Waals surface area contributed by atoms with Crippen LogP contribution in [0.2, 0.25) is 0 Å². The van der Waals surface area contributed by atoms with Crippen LogP contribution in [0.1, 0.15) is 21.9 Å². The minimum Gasteiger partial charge on any atom is -0.494 e. The average molecular weight is 355 g/mol. The van der Waals surface area contributed by atoms with Crippen LogP contribution in [0.4, 0.5) is 4.39 Å². The number of methoxy groups -OCH3 is 1. The Morgan fingerprint density at radius 1 is 1.27 bits per heavy atom. The van der Waals surface area contributed by atoms with Crippen LogP contribution < -0.4 is 4.74 Å². The van der Waals surface area contributed by atoms with Crippen molar-refractivity contribution in [2.75, 3.05) is 20.7 Å². The van der Waals surface area contributed by atoms with Crippen LogP contribution in [-0.4, -0.2) is 51.3 Å². The Labute approximate surface area is 149 Å². The quantitative estimate of drug-likeness (QED) is 0.778. The minimum atomic E-state index is -0.272. The van der Waals surface area contributed by atoms with Crippen LogP contribution in [0.3, 0.4) is 0 Å². The number of amides is 1. The summed E-state index contributed by atoms with van der Waals surface area (Å²) in [6.45, 7) is 1.34. The molecule has 1 amide bonds. The Hall–Kier alpha value is -3.16. The summed E-state index contributed by atoms with van der Waals surface area (Å²) in [7, 11) is 3.30. The molecule has 3 heterocycles. The Kier molecular flexibility index (Phi) is 3.95. The fourth-order valence-electron chi connectivity index (χ4n) is 3.13. The van der Waals surface area contributed by atoms with Crippen molar-refractivity contribution >= 4 is 5.91 Å². The predicted octanol–water partition coefficient (Wildman–Crippen LogP) is 2.10. The number of carbonyl (C=O) groups excluding carboxylic acids is 1. The standard InChI is InChI=1S/C18H18FN5O2/c1-23-7-8-24-10-13(16(26-2)15(24)18(23)25)17-20-14(21-22-17)9-11-3-5-12(19)6-4-11/h3-6,10H,7-9H2,1-2H3,(H,20,21,22). The van der Waals surface area contributed by atoms with E-state index in [2.05, 4.69) is 15.2 Å². The number of benzene rings is 1. The van der Waals surface area contributed by atoms with Crippen molar-refractivity contribution in [1.82, 2.24) is 24.6 Å². The third-order valence-electron chi connectivity index (χ3n) is 4.52. The number of ether oxygens (including phenoxy) is 1. The zero-order chi connectivity index (χ0) is 18.3. The first kappa shape index (κ1) is 16.3. The summed E-state index contributed by atoms with van der Waals surface area (Å²) in [4.78, 5) is 18.6. The molecule has 26 heavy (non-hydrogen) atoms. The van der Waals surface area contributed by atoms with Crippen molar-refractivity contribution in [3.05, 3.63) is 53.4 Å². The molecule has 3 aromatic rings. The number of fused-ring (bicyclic) bond motifs is 1. The number of H-pyrrole nitrogens is 1. The molecule has 1 aromatic carbocycles. The molecule has 2 aromatic heterocycles. The summed E-state index contributed by atoms with van der Waals surface area (Å²) in [5.74, 6) is 1.25. The summed E-state index contributed by atoms with van der Waals surface area (Å²) in [6, 6.07) is 6.26. The van der Waals surface area contributed by atoms with Crippen molar-refractivity contribution in [3.63, 3.8) is 0 Å². The second-order valence-electron chi connectivity index (χ2n) is 6.25. The Balaban J connectivity index is 1.66. The van der Waals surface area contributed by atoms with Crippen molar-refractivity contribution in [1.29, 1.82) is 0 Å². The smallest absolute Gasteiger partial charge is 0.274 e. The van der Waals surface area contributed by atoms with E-state index < -0.39 is 0 Å². The lowest BCUT2D eigenvalue weighted by Crippen LogP contribution is -2.36. The minimum absolute atomic E-state index is 0.0820. The molecule has 1 aliphatic rings. The number of hydrogen-bond acceptors (Lipinski definition) is 4. The van der Waals surface area contributed by atoms with Crippen molar-refractivity contribution < 1.29 is 13.9 Å². The third-order valence-corrected chi connectivity index (χ3v) is 4.52. The van der Waals surface area contributed by atoms with E-state index in [-0.39, 0.29) is 11.7 Å². The van der Waals surface area contributed by atoms with E-state index in [9.17, 15) is 9.18 Å². The zero-order valence-electron chi connectivity index (χ0n) is 14.5. The number of carbonyl (C=O) groups is 1. The van der Waals surface area contributed by atoms with Gasteiger partial charge in [-0.1, -0.05) is 12.1 Å². The first-order valence-electron chi connectivity index (χ1n) is 8.25. The number of likely N-dealkylation sites (N-methyl/N-ethyl adjacent to an activating group) is 1. The van der Waals surface area contributed by atoms with Crippen molar-refractivity contribution in [2.24, 2.45) is 0 Å². The highest BCUT2D eigenvalue weighted by Crippen LogP contribution is 2.35. The van der Waals surface area contributed by atoms with Crippen LogP contribution >= 0.6 is 0 Å². The first-order chi connectivity index (χ1) is 12.6. The van der Waals surface area contributed by atoms with Gasteiger partial charge in [-0.05, 0) is 17.7 Å². The van der Waals surface area contributed by atoms with E-state index in [0.29, 0.717) is 48.2 Å². The zero-order valence-corrected chi connectivity index (χ0v) is 14.5. The lowest BCUT2D eigenvalue weighted by molar-refractivity contribution is 0.0745. The molecular weight excluding hydrogens is 337 g/mol. The second kappa shape index (κ2) is 6.29. The maximum atomic E-state index is 13.0. The molecule has 0 fully saturated rings. The molecule has 134 valence electrons. The lowest BCUT2D eigenvalue weighted by Gasteiger charge is -2.24. The van der Waals surface area contributed by atoms with Gasteiger partial charge in [0.2, 0.25) is 0 Å². The molecule has 0 aliphatic carbocycles. The molecule has 4 rings (SSSR count). The normalized spacial score (nSPS) is 13.8. The molecule has 0 saturated carbocycles. The predicted molar refractivity (Wildman–Crippen MR) is 92.5 cm³/mol. The van der Waals surface area contributed by atoms with E-state index in [0.717, 1.165) is 5.56 Å². The van der Waals surface area contributed by atoms with Gasteiger partial charge >= 0.3 is 0 Å². The largest absolute Gasteiger partial charge is 0.494 e. The molecule has 0 radical (unpaired) electrons. The summed E-state index contributed by atoms with van der Waals surface area (Å²) in [6.07, 6.45) is 2.36. The lowest BCUT2D eigenvalue weighted by atomic mass is 10.1. The fourth-order valence-corrected chi connectivity index (χ4v) is 3.13. The van der Waals surface area contributed by atoms with Crippen molar-refractivity contribution in [3.8, 4) is 17.1 Å². The van der Waals surface area contributed by atoms with E-state index in [1.807, 2.05) is 10.8 Å². The third kappa shape index (κ3) is 2.73. The monoisotopic (exact) mass is 355 g/mol. The Morgan fingerprint density at radius 2 is 2.04 bits per heavy atom. The molecule has 0 bridgehead atoms. The average Bonchev–Trinajstić information content (AvgIpc) is 3.24. The van der Waals surface area contributed by atoms with Gasteiger partial charge in [-0.2, -0.15) is 5.10 Å². The molecule has 0 unspecified atom stereocenters. The Morgan fingerprint density at radius 3 is 2.77 bits per heavy atom. The molecule has 7 nitrogen and oxygen atoms in total. The highest BCUT2D eigenvalue weighted by atomic mass is 19.1. The van der Waals surface area contributed by atoms with Gasteiger partial charge in [-0.3, -0.25) is 9.89 Å². The topological polar surface area (TPSA) is 76.0 Å². The summed E-state index contributed by atoms with van der Waals surface area (Å²) < 4.78 is 20.4. The van der Waals surface area contributed by atoms with Gasteiger partial charge in [-0.25, -0.2) is 9.37 Å². The molecule has 1 aliphatic heterocycles. The van der Waals surface area contributed by atoms with Gasteiger partial charge in [0, 0.05) is 32.8 Å². The number of hydrogen-bond donors (Lipinski definition) is 1. The molecule has 0 spiro atoms. The van der Waals surface area contributed by atoms with Gasteiger partial charge in [0.1, 0.15) is 11.6 Å². The van der Waals surface area contributed by atoms with Crippen LogP contribution in [0.15, 0.2) is 30.5 Å². The number of rotatable bonds is 4. The first-order valence-corrected chi connectivity index (χ1v) is 8.25. The van der Waals surface area contributed by atoms with E-state index >= 15 is 0 Å². The number of nitrogens with zero attached hydrogens (tertiary/aromatic N) is 4. The molecule has 8 heteroatoms. The van der Waals surface area contributed by atoms with Crippen LogP contribution in [0, 0.1) is 5.82 Å². The van der Waals surface area contributed by atoms with Gasteiger partial charge in [-0.15, -0.1) is 0 Å². The molecule has 1 N–H and O–H groups in total. The summed E-state index contributed by atoms with van der Waals surface area (Å²) >= 11 is 0. The highest BCUT2D eigenvalue weighted by Gasteiger charge is 2.30. The van der Waals surface area contributed by atoms with E-state index in [1.165, 1.54) is 19.2 Å². The van der Waals surface area contributed by atoms with E-state index in [1.54, 1.807) is 24.1 Å². The highest BCUT2D eigenvalue weighted by molar-refractivity contribution is 5.98. The number of aromatic amines is 1. The second-order valence-corrected chi connectivity index (χ2v) is 6.25. The van der Waals surface area contributed by atoms with Crippen LogP contribution in [0.5, 0.6) is 5.75 Å². The van der Waals surface area contributed by atoms with Crippen molar-refractivity contribution in [2.45, 2.75) is 13.0 Å². The van der Waals surface area contributed by atoms with Crippen LogP contribution in [-0.2, 0) is 13.0 Å². The molecule has 0 atom stereocenters. The van der Waals surface area contributed by atoms with Gasteiger partial charge in [0.05, 0.1) is 12.7 Å².